The molecule has 170 valence electrons. The van der Waals surface area contributed by atoms with Crippen molar-refractivity contribution >= 4 is 17.9 Å². The molecule has 5 rings (SSSR count). The Labute approximate surface area is 196 Å². The maximum Gasteiger partial charge on any atom is 0.373 e. The molecule has 0 bridgehead atoms. The van der Waals surface area contributed by atoms with Gasteiger partial charge in [0.25, 0.3) is 5.91 Å². The summed E-state index contributed by atoms with van der Waals surface area (Å²) in [4.78, 5) is 36.0. The third-order valence-electron chi connectivity index (χ3n) is 5.67. The number of aryl methyl sites for hydroxylation is 1. The quantitative estimate of drug-likeness (QED) is 0.452. The van der Waals surface area contributed by atoms with Gasteiger partial charge in [-0.1, -0.05) is 48.0 Å². The van der Waals surface area contributed by atoms with Gasteiger partial charge in [0.15, 0.2) is 5.82 Å². The third-order valence-corrected chi connectivity index (χ3v) is 5.67. The fourth-order valence-corrected chi connectivity index (χ4v) is 3.91. The molecule has 0 N–H and O–H groups in total. The van der Waals surface area contributed by atoms with Crippen LogP contribution in [-0.2, 0) is 16.1 Å². The number of nitrogens with zero attached hydrogens (tertiary/aromatic N) is 5. The van der Waals surface area contributed by atoms with Gasteiger partial charge in [0, 0.05) is 11.6 Å². The molecule has 0 spiro atoms. The summed E-state index contributed by atoms with van der Waals surface area (Å²) < 4.78 is 1.97. The van der Waals surface area contributed by atoms with Gasteiger partial charge in [-0.2, -0.15) is 9.59 Å². The summed E-state index contributed by atoms with van der Waals surface area (Å²) >= 11 is 0. The Balaban J connectivity index is 0.000000868. The first-order valence-electron chi connectivity index (χ1n) is 10.8. The van der Waals surface area contributed by atoms with Crippen LogP contribution in [0.15, 0.2) is 67.0 Å². The average molecular weight is 454 g/mol. The number of hydrogen-bond acceptors (Lipinski definition) is 6. The Morgan fingerprint density at radius 2 is 1.68 bits per heavy atom. The van der Waals surface area contributed by atoms with Crippen LogP contribution < -0.4 is 4.90 Å². The van der Waals surface area contributed by atoms with Crippen LogP contribution in [0.2, 0.25) is 0 Å². The fraction of sp³-hybridized carbons (Fsp3) is 0.192. The summed E-state index contributed by atoms with van der Waals surface area (Å²) in [6, 6.07) is 20.3. The van der Waals surface area contributed by atoms with Gasteiger partial charge in [0.1, 0.15) is 17.8 Å². The highest BCUT2D eigenvalue weighted by Crippen LogP contribution is 2.32. The van der Waals surface area contributed by atoms with Crippen molar-refractivity contribution in [3.05, 3.63) is 83.7 Å². The summed E-state index contributed by atoms with van der Waals surface area (Å²) in [5.41, 5.74) is 5.81. The summed E-state index contributed by atoms with van der Waals surface area (Å²) in [5, 5.41) is 8.26. The summed E-state index contributed by atoms with van der Waals surface area (Å²) in [7, 11) is 0. The molecule has 3 heterocycles. The highest BCUT2D eigenvalue weighted by atomic mass is 16.2. The molecule has 0 aliphatic carbocycles. The highest BCUT2D eigenvalue weighted by molar-refractivity contribution is 6.10. The molecule has 0 saturated carbocycles. The highest BCUT2D eigenvalue weighted by Gasteiger charge is 2.30. The van der Waals surface area contributed by atoms with Crippen LogP contribution in [0.4, 0.5) is 5.82 Å². The molecule has 8 nitrogen and oxygen atoms in total. The van der Waals surface area contributed by atoms with Gasteiger partial charge in [-0.15, -0.1) is 10.2 Å². The van der Waals surface area contributed by atoms with Gasteiger partial charge in [-0.25, -0.2) is 4.98 Å². The molecule has 4 aromatic rings. The van der Waals surface area contributed by atoms with Crippen molar-refractivity contribution in [2.24, 2.45) is 0 Å². The molecule has 1 aliphatic rings. The molecule has 0 radical (unpaired) electrons. The van der Waals surface area contributed by atoms with E-state index in [2.05, 4.69) is 61.3 Å². The fourth-order valence-electron chi connectivity index (χ4n) is 3.91. The number of fused-ring (bicyclic) bond motifs is 1. The minimum atomic E-state index is -0.0288. The first-order chi connectivity index (χ1) is 16.4. The zero-order valence-corrected chi connectivity index (χ0v) is 19.1. The zero-order valence-electron chi connectivity index (χ0n) is 19.1. The van der Waals surface area contributed by atoms with Crippen molar-refractivity contribution in [3.63, 3.8) is 0 Å². The van der Waals surface area contributed by atoms with Crippen molar-refractivity contribution in [1.29, 1.82) is 0 Å². The summed E-state index contributed by atoms with van der Waals surface area (Å²) in [6.45, 7) is 6.72. The lowest BCUT2D eigenvalue weighted by Gasteiger charge is -2.16. The number of hydrogen-bond donors (Lipinski definition) is 0. The van der Waals surface area contributed by atoms with Crippen LogP contribution in [0.3, 0.4) is 0 Å². The van der Waals surface area contributed by atoms with Crippen LogP contribution in [0.5, 0.6) is 0 Å². The van der Waals surface area contributed by atoms with Crippen molar-refractivity contribution in [2.45, 2.75) is 33.4 Å². The SMILES string of the molecule is Cc1ccc(-c2ccc3c(c2)C(=O)N(c2cccc(-c4nncn4C(C)C)n2)C3)cc1.O=C=O. The second kappa shape index (κ2) is 9.60. The molecular formula is C26H23N5O3. The normalized spacial score (nSPS) is 12.2. The van der Waals surface area contributed by atoms with E-state index in [0.29, 0.717) is 23.9 Å². The van der Waals surface area contributed by atoms with Crippen LogP contribution in [0.25, 0.3) is 22.6 Å². The smallest absolute Gasteiger partial charge is 0.310 e. The van der Waals surface area contributed by atoms with Crippen molar-refractivity contribution in [2.75, 3.05) is 4.90 Å². The maximum atomic E-state index is 13.3. The van der Waals surface area contributed by atoms with Gasteiger partial charge < -0.3 is 4.57 Å². The number of rotatable bonds is 4. The lowest BCUT2D eigenvalue weighted by molar-refractivity contribution is -0.191. The number of carbonyl (C=O) groups excluding carboxylic acids is 3. The van der Waals surface area contributed by atoms with Crippen molar-refractivity contribution in [1.82, 2.24) is 19.7 Å². The lowest BCUT2D eigenvalue weighted by atomic mass is 10.00. The molecule has 0 fully saturated rings. The molecule has 0 unspecified atom stereocenters. The number of aromatic nitrogens is 4. The Kier molecular flexibility index (Phi) is 6.43. The van der Waals surface area contributed by atoms with Crippen LogP contribution in [0, 0.1) is 6.92 Å². The molecule has 34 heavy (non-hydrogen) atoms. The maximum absolute atomic E-state index is 13.3. The van der Waals surface area contributed by atoms with Gasteiger partial charge in [0.2, 0.25) is 0 Å². The molecule has 0 atom stereocenters. The van der Waals surface area contributed by atoms with Gasteiger partial charge in [-0.3, -0.25) is 9.69 Å². The van der Waals surface area contributed by atoms with Gasteiger partial charge in [0.05, 0.1) is 6.54 Å². The van der Waals surface area contributed by atoms with E-state index < -0.39 is 0 Å². The Morgan fingerprint density at radius 1 is 0.971 bits per heavy atom. The Bertz CT molecular complexity index is 1370. The van der Waals surface area contributed by atoms with E-state index in [9.17, 15) is 4.79 Å². The Hall–Kier alpha value is -4.42. The molecule has 2 aromatic heterocycles. The molecule has 1 aliphatic heterocycles. The second-order valence-electron chi connectivity index (χ2n) is 8.25. The summed E-state index contributed by atoms with van der Waals surface area (Å²) in [6.07, 6.45) is 1.96. The lowest BCUT2D eigenvalue weighted by Crippen LogP contribution is -2.24. The minimum Gasteiger partial charge on any atom is -0.310 e. The molecule has 8 heteroatoms. The van der Waals surface area contributed by atoms with E-state index in [1.54, 1.807) is 11.2 Å². The van der Waals surface area contributed by atoms with Crippen molar-refractivity contribution < 1.29 is 14.4 Å². The van der Waals surface area contributed by atoms with E-state index >= 15 is 0 Å². The number of benzene rings is 2. The van der Waals surface area contributed by atoms with E-state index in [0.717, 1.165) is 22.3 Å². The van der Waals surface area contributed by atoms with Crippen molar-refractivity contribution in [3.8, 4) is 22.6 Å². The third kappa shape index (κ3) is 4.40. The van der Waals surface area contributed by atoms with E-state index in [4.69, 9.17) is 14.6 Å². The predicted molar refractivity (Wildman–Crippen MR) is 126 cm³/mol. The first kappa shape index (κ1) is 22.8. The number of pyridine rings is 1. The molecule has 2 aromatic carbocycles. The molecule has 1 amide bonds. The van der Waals surface area contributed by atoms with Crippen LogP contribution in [-0.4, -0.2) is 31.8 Å². The predicted octanol–water partition coefficient (Wildman–Crippen LogP) is 4.47. The monoisotopic (exact) mass is 453 g/mol. The Morgan fingerprint density at radius 3 is 2.38 bits per heavy atom. The summed E-state index contributed by atoms with van der Waals surface area (Å²) in [5.74, 6) is 1.29. The number of anilines is 1. The average Bonchev–Trinajstić information content (AvgIpc) is 3.45. The van der Waals surface area contributed by atoms with E-state index in [1.165, 1.54) is 5.56 Å². The topological polar surface area (TPSA) is 98.1 Å². The molecule has 0 saturated heterocycles. The van der Waals surface area contributed by atoms with E-state index in [1.807, 2.05) is 34.9 Å². The molecular weight excluding hydrogens is 430 g/mol. The van der Waals surface area contributed by atoms with E-state index in [-0.39, 0.29) is 18.1 Å². The largest absolute Gasteiger partial charge is 0.373 e. The van der Waals surface area contributed by atoms with Gasteiger partial charge >= 0.3 is 6.15 Å². The zero-order chi connectivity index (χ0) is 24.2. The van der Waals surface area contributed by atoms with Gasteiger partial charge in [-0.05, 0) is 55.7 Å². The standard InChI is InChI=1S/C25H23N5O.CO2/c1-16(2)30-15-26-28-24(30)22-5-4-6-23(27-22)29-14-20-12-11-19(13-21(20)25(29)31)18-9-7-17(3)8-10-18;2-1-3/h4-13,15-16H,14H2,1-3H3;. The number of amides is 1. The van der Waals surface area contributed by atoms with Crippen LogP contribution in [0.1, 0.15) is 41.4 Å². The van der Waals surface area contributed by atoms with Crippen LogP contribution >= 0.6 is 0 Å². The number of carbonyl (C=O) groups is 1. The first-order valence-corrected chi connectivity index (χ1v) is 10.8. The minimum absolute atomic E-state index is 0.0288. The second-order valence-corrected chi connectivity index (χ2v) is 8.25.